The molecule has 1 saturated carbocycles. The first-order chi connectivity index (χ1) is 6.68. The number of phenols is 1. The lowest BCUT2D eigenvalue weighted by Gasteiger charge is -2.11. The van der Waals surface area contributed by atoms with Gasteiger partial charge in [-0.2, -0.15) is 0 Å². The number of aromatic hydroxyl groups is 1. The molecule has 1 heteroatoms. The summed E-state index contributed by atoms with van der Waals surface area (Å²) in [7, 11) is 0. The highest BCUT2D eigenvalue weighted by molar-refractivity contribution is 5.42. The molecule has 1 aliphatic carbocycles. The Kier molecular flexibility index (Phi) is 2.49. The quantitative estimate of drug-likeness (QED) is 0.773. The maximum Gasteiger partial charge on any atom is 0.122 e. The molecule has 1 nitrogen and oxygen atoms in total. The van der Waals surface area contributed by atoms with Gasteiger partial charge in [-0.05, 0) is 42.2 Å². The predicted octanol–water partition coefficient (Wildman–Crippen LogP) is 3.47. The first-order valence-corrected chi connectivity index (χ1v) is 5.49. The highest BCUT2D eigenvalue weighted by Crippen LogP contribution is 2.37. The van der Waals surface area contributed by atoms with Crippen LogP contribution in [0.2, 0.25) is 0 Å². The van der Waals surface area contributed by atoms with Gasteiger partial charge in [-0.1, -0.05) is 32.0 Å². The van der Waals surface area contributed by atoms with Crippen molar-refractivity contribution in [3.63, 3.8) is 0 Å². The number of para-hydroxylation sites is 1. The Hall–Kier alpha value is -0.980. The molecule has 0 aromatic heterocycles. The van der Waals surface area contributed by atoms with E-state index in [2.05, 4.69) is 26.0 Å². The van der Waals surface area contributed by atoms with E-state index in [4.69, 9.17) is 0 Å². The van der Waals surface area contributed by atoms with Crippen LogP contribution in [0.5, 0.6) is 5.75 Å². The molecule has 0 saturated heterocycles. The Labute approximate surface area is 85.8 Å². The molecule has 0 spiro atoms. The zero-order valence-corrected chi connectivity index (χ0v) is 8.96. The maximum absolute atomic E-state index is 10.0. The van der Waals surface area contributed by atoms with Crippen LogP contribution in [-0.2, 0) is 6.42 Å². The average molecular weight is 190 g/mol. The minimum Gasteiger partial charge on any atom is -0.507 e. The number of rotatable bonds is 3. The number of hydrogen-bond donors (Lipinski definition) is 1. The van der Waals surface area contributed by atoms with Gasteiger partial charge in [-0.3, -0.25) is 0 Å². The van der Waals surface area contributed by atoms with Gasteiger partial charge in [0, 0.05) is 0 Å². The third-order valence-corrected chi connectivity index (χ3v) is 2.98. The molecule has 0 aliphatic heterocycles. The zero-order chi connectivity index (χ0) is 10.1. The van der Waals surface area contributed by atoms with E-state index < -0.39 is 0 Å². The van der Waals surface area contributed by atoms with Gasteiger partial charge in [0.05, 0.1) is 0 Å². The molecule has 0 radical (unpaired) electrons. The number of hydrogen-bond acceptors (Lipinski definition) is 1. The van der Waals surface area contributed by atoms with Crippen molar-refractivity contribution in [3.8, 4) is 5.75 Å². The Morgan fingerprint density at radius 3 is 2.64 bits per heavy atom. The van der Waals surface area contributed by atoms with E-state index in [-0.39, 0.29) is 0 Å². The summed E-state index contributed by atoms with van der Waals surface area (Å²) >= 11 is 0. The predicted molar refractivity (Wildman–Crippen MR) is 58.6 cm³/mol. The van der Waals surface area contributed by atoms with Crippen LogP contribution < -0.4 is 0 Å². The molecule has 1 aromatic rings. The van der Waals surface area contributed by atoms with Crippen LogP contribution >= 0.6 is 0 Å². The van der Waals surface area contributed by atoms with Crippen molar-refractivity contribution >= 4 is 0 Å². The van der Waals surface area contributed by atoms with Crippen LogP contribution in [0.25, 0.3) is 0 Å². The van der Waals surface area contributed by atoms with Gasteiger partial charge in [0.25, 0.3) is 0 Å². The Balaban J connectivity index is 2.25. The summed E-state index contributed by atoms with van der Waals surface area (Å²) in [6, 6.07) is 6.14. The van der Waals surface area contributed by atoms with E-state index in [1.165, 1.54) is 12.8 Å². The lowest BCUT2D eigenvalue weighted by molar-refractivity contribution is 0.456. The van der Waals surface area contributed by atoms with Crippen molar-refractivity contribution in [1.82, 2.24) is 0 Å². The van der Waals surface area contributed by atoms with Gasteiger partial charge >= 0.3 is 0 Å². The molecule has 2 rings (SSSR count). The van der Waals surface area contributed by atoms with Gasteiger partial charge < -0.3 is 5.11 Å². The normalized spacial score (nSPS) is 16.2. The summed E-state index contributed by atoms with van der Waals surface area (Å²) in [5.74, 6) is 1.78. The monoisotopic (exact) mass is 190 g/mol. The van der Waals surface area contributed by atoms with E-state index in [1.54, 1.807) is 0 Å². The summed E-state index contributed by atoms with van der Waals surface area (Å²) in [4.78, 5) is 0. The van der Waals surface area contributed by atoms with Crippen LogP contribution in [0, 0.1) is 5.92 Å². The van der Waals surface area contributed by atoms with Crippen molar-refractivity contribution in [2.75, 3.05) is 0 Å². The van der Waals surface area contributed by atoms with Crippen molar-refractivity contribution < 1.29 is 5.11 Å². The van der Waals surface area contributed by atoms with Crippen LogP contribution in [0.1, 0.15) is 43.7 Å². The minimum atomic E-state index is 0.411. The molecule has 14 heavy (non-hydrogen) atoms. The SMILES string of the molecule is CC(C)c1cccc(CC2CC2)c1O. The second kappa shape index (κ2) is 3.64. The fourth-order valence-corrected chi connectivity index (χ4v) is 1.87. The standard InChI is InChI=1S/C13H18O/c1-9(2)12-5-3-4-11(13(12)14)8-10-6-7-10/h3-5,9-10,14H,6-8H2,1-2H3. The zero-order valence-electron chi connectivity index (χ0n) is 8.96. The topological polar surface area (TPSA) is 20.2 Å². The third kappa shape index (κ3) is 1.92. The molecular weight excluding hydrogens is 172 g/mol. The van der Waals surface area contributed by atoms with Gasteiger partial charge in [0.2, 0.25) is 0 Å². The second-order valence-corrected chi connectivity index (χ2v) is 4.66. The van der Waals surface area contributed by atoms with Crippen LogP contribution in [0.4, 0.5) is 0 Å². The number of phenolic OH excluding ortho intramolecular Hbond substituents is 1. The fraction of sp³-hybridized carbons (Fsp3) is 0.538. The molecule has 1 fully saturated rings. The van der Waals surface area contributed by atoms with Crippen LogP contribution in [-0.4, -0.2) is 5.11 Å². The summed E-state index contributed by atoms with van der Waals surface area (Å²) in [5, 5.41) is 10.0. The Bertz CT molecular complexity index is 324. The largest absolute Gasteiger partial charge is 0.507 e. The summed E-state index contributed by atoms with van der Waals surface area (Å²) in [5.41, 5.74) is 2.22. The summed E-state index contributed by atoms with van der Waals surface area (Å²) < 4.78 is 0. The molecule has 76 valence electrons. The molecule has 0 unspecified atom stereocenters. The van der Waals surface area contributed by atoms with Gasteiger partial charge in [-0.25, -0.2) is 0 Å². The molecule has 0 amide bonds. The molecule has 0 bridgehead atoms. The van der Waals surface area contributed by atoms with Crippen molar-refractivity contribution in [1.29, 1.82) is 0 Å². The van der Waals surface area contributed by atoms with E-state index in [1.807, 2.05) is 6.07 Å². The Morgan fingerprint density at radius 1 is 1.36 bits per heavy atom. The average Bonchev–Trinajstić information content (AvgIpc) is 2.92. The van der Waals surface area contributed by atoms with E-state index >= 15 is 0 Å². The van der Waals surface area contributed by atoms with E-state index in [0.717, 1.165) is 23.5 Å². The van der Waals surface area contributed by atoms with Gasteiger partial charge in [0.1, 0.15) is 5.75 Å². The number of benzene rings is 1. The molecule has 1 aliphatic rings. The Morgan fingerprint density at radius 2 is 2.07 bits per heavy atom. The van der Waals surface area contributed by atoms with E-state index in [9.17, 15) is 5.11 Å². The lowest BCUT2D eigenvalue weighted by Crippen LogP contribution is -1.94. The van der Waals surface area contributed by atoms with Crippen molar-refractivity contribution in [2.45, 2.75) is 39.0 Å². The minimum absolute atomic E-state index is 0.411. The summed E-state index contributed by atoms with van der Waals surface area (Å²) in [6.07, 6.45) is 3.74. The lowest BCUT2D eigenvalue weighted by atomic mass is 9.97. The first kappa shape index (κ1) is 9.57. The van der Waals surface area contributed by atoms with E-state index in [0.29, 0.717) is 11.7 Å². The van der Waals surface area contributed by atoms with Crippen molar-refractivity contribution in [2.24, 2.45) is 5.92 Å². The molecule has 1 N–H and O–H groups in total. The van der Waals surface area contributed by atoms with Crippen LogP contribution in [0.15, 0.2) is 18.2 Å². The highest BCUT2D eigenvalue weighted by atomic mass is 16.3. The molecule has 0 atom stereocenters. The summed E-state index contributed by atoms with van der Waals surface area (Å²) in [6.45, 7) is 4.24. The fourth-order valence-electron chi connectivity index (χ4n) is 1.87. The second-order valence-electron chi connectivity index (χ2n) is 4.66. The smallest absolute Gasteiger partial charge is 0.122 e. The highest BCUT2D eigenvalue weighted by Gasteiger charge is 2.23. The first-order valence-electron chi connectivity index (χ1n) is 5.49. The maximum atomic E-state index is 10.0. The molecule has 1 aromatic carbocycles. The molecule has 0 heterocycles. The van der Waals surface area contributed by atoms with Crippen LogP contribution in [0.3, 0.4) is 0 Å². The van der Waals surface area contributed by atoms with Gasteiger partial charge in [-0.15, -0.1) is 0 Å². The van der Waals surface area contributed by atoms with Gasteiger partial charge in [0.15, 0.2) is 0 Å². The third-order valence-electron chi connectivity index (χ3n) is 2.98. The molecular formula is C13H18O. The van der Waals surface area contributed by atoms with Crippen molar-refractivity contribution in [3.05, 3.63) is 29.3 Å².